The summed E-state index contributed by atoms with van der Waals surface area (Å²) >= 11 is 0. The Balaban J connectivity index is 2.54. The number of aromatic nitrogens is 1. The van der Waals surface area contributed by atoms with Gasteiger partial charge in [-0.05, 0) is 18.7 Å². The highest BCUT2D eigenvalue weighted by Crippen LogP contribution is 2.07. The monoisotopic (exact) mass is 236 g/mol. The highest BCUT2D eigenvalue weighted by Gasteiger charge is 2.16. The standard InChI is InChI=1S/C12H20N4O/c1-14-12(17)6-11(7-13)16(2)9-10-4-3-5-15-8-10/h3-5,8,11H,6-7,9,13H2,1-2H3,(H,14,17). The molecule has 0 aliphatic carbocycles. The van der Waals surface area contributed by atoms with Crippen molar-refractivity contribution in [2.45, 2.75) is 19.0 Å². The molecule has 1 amide bonds. The topological polar surface area (TPSA) is 71.2 Å². The van der Waals surface area contributed by atoms with Gasteiger partial charge in [-0.25, -0.2) is 0 Å². The van der Waals surface area contributed by atoms with E-state index in [2.05, 4.69) is 15.2 Å². The Morgan fingerprint density at radius 1 is 1.65 bits per heavy atom. The Kier molecular flexibility index (Phi) is 5.59. The quantitative estimate of drug-likeness (QED) is 0.728. The zero-order valence-corrected chi connectivity index (χ0v) is 10.4. The largest absolute Gasteiger partial charge is 0.359 e. The normalized spacial score (nSPS) is 12.5. The molecule has 0 aromatic carbocycles. The Bertz CT molecular complexity index is 342. The minimum absolute atomic E-state index is 0.0125. The molecule has 0 fully saturated rings. The smallest absolute Gasteiger partial charge is 0.221 e. The number of carbonyl (C=O) groups is 1. The molecule has 0 radical (unpaired) electrons. The lowest BCUT2D eigenvalue weighted by Crippen LogP contribution is -2.41. The predicted molar refractivity (Wildman–Crippen MR) is 67.2 cm³/mol. The molecule has 0 aliphatic heterocycles. The van der Waals surface area contributed by atoms with Crippen LogP contribution in [0.15, 0.2) is 24.5 Å². The van der Waals surface area contributed by atoms with Crippen LogP contribution in [0.5, 0.6) is 0 Å². The predicted octanol–water partition coefficient (Wildman–Crippen LogP) is -0.0232. The molecule has 5 nitrogen and oxygen atoms in total. The summed E-state index contributed by atoms with van der Waals surface area (Å²) in [5.74, 6) is 0.0125. The van der Waals surface area contributed by atoms with Crippen molar-refractivity contribution in [3.8, 4) is 0 Å². The third kappa shape index (κ3) is 4.50. The number of rotatable bonds is 6. The first kappa shape index (κ1) is 13.6. The van der Waals surface area contributed by atoms with Gasteiger partial charge in [0.2, 0.25) is 5.91 Å². The van der Waals surface area contributed by atoms with E-state index in [9.17, 15) is 4.79 Å². The second kappa shape index (κ2) is 6.98. The van der Waals surface area contributed by atoms with Gasteiger partial charge in [-0.2, -0.15) is 0 Å². The molecular weight excluding hydrogens is 216 g/mol. The van der Waals surface area contributed by atoms with E-state index in [0.717, 1.165) is 12.1 Å². The highest BCUT2D eigenvalue weighted by molar-refractivity contribution is 5.76. The van der Waals surface area contributed by atoms with E-state index in [0.29, 0.717) is 13.0 Å². The number of nitrogens with two attached hydrogens (primary N) is 1. The first-order chi connectivity index (χ1) is 8.17. The summed E-state index contributed by atoms with van der Waals surface area (Å²) in [7, 11) is 3.60. The fraction of sp³-hybridized carbons (Fsp3) is 0.500. The second-order valence-corrected chi connectivity index (χ2v) is 4.04. The molecule has 0 bridgehead atoms. The molecular formula is C12H20N4O. The van der Waals surface area contributed by atoms with Gasteiger partial charge >= 0.3 is 0 Å². The fourth-order valence-corrected chi connectivity index (χ4v) is 1.64. The summed E-state index contributed by atoms with van der Waals surface area (Å²) in [6.07, 6.45) is 3.99. The Morgan fingerprint density at radius 2 is 2.41 bits per heavy atom. The molecule has 94 valence electrons. The van der Waals surface area contributed by atoms with Crippen LogP contribution in [-0.2, 0) is 11.3 Å². The van der Waals surface area contributed by atoms with Crippen LogP contribution in [0, 0.1) is 0 Å². The first-order valence-corrected chi connectivity index (χ1v) is 5.67. The van der Waals surface area contributed by atoms with E-state index in [-0.39, 0.29) is 11.9 Å². The first-order valence-electron chi connectivity index (χ1n) is 5.67. The van der Waals surface area contributed by atoms with Crippen LogP contribution < -0.4 is 11.1 Å². The summed E-state index contributed by atoms with van der Waals surface area (Å²) in [6.45, 7) is 1.21. The number of hydrogen-bond acceptors (Lipinski definition) is 4. The lowest BCUT2D eigenvalue weighted by Gasteiger charge is -2.26. The summed E-state index contributed by atoms with van der Waals surface area (Å²) < 4.78 is 0. The van der Waals surface area contributed by atoms with Crippen molar-refractivity contribution in [3.63, 3.8) is 0 Å². The van der Waals surface area contributed by atoms with Crippen LogP contribution in [0.25, 0.3) is 0 Å². The average Bonchev–Trinajstić information content (AvgIpc) is 2.36. The van der Waals surface area contributed by atoms with Gasteiger partial charge in [0.25, 0.3) is 0 Å². The molecule has 0 aliphatic rings. The van der Waals surface area contributed by atoms with Crippen LogP contribution in [0.2, 0.25) is 0 Å². The zero-order valence-electron chi connectivity index (χ0n) is 10.4. The number of nitrogens with one attached hydrogen (secondary N) is 1. The second-order valence-electron chi connectivity index (χ2n) is 4.04. The molecule has 1 rings (SSSR count). The summed E-state index contributed by atoms with van der Waals surface area (Å²) in [6, 6.07) is 3.96. The highest BCUT2D eigenvalue weighted by atomic mass is 16.1. The maximum atomic E-state index is 11.3. The van der Waals surface area contributed by atoms with Gasteiger partial charge in [0, 0.05) is 45.0 Å². The molecule has 0 saturated carbocycles. The minimum Gasteiger partial charge on any atom is -0.359 e. The molecule has 1 atom stereocenters. The van der Waals surface area contributed by atoms with Crippen molar-refractivity contribution in [2.24, 2.45) is 5.73 Å². The van der Waals surface area contributed by atoms with Crippen molar-refractivity contribution < 1.29 is 4.79 Å². The maximum Gasteiger partial charge on any atom is 0.221 e. The van der Waals surface area contributed by atoms with Crippen LogP contribution >= 0.6 is 0 Å². The summed E-state index contributed by atoms with van der Waals surface area (Å²) in [5, 5.41) is 2.61. The van der Waals surface area contributed by atoms with Gasteiger partial charge in [-0.1, -0.05) is 6.07 Å². The lowest BCUT2D eigenvalue weighted by molar-refractivity contribution is -0.121. The fourth-order valence-electron chi connectivity index (χ4n) is 1.64. The Labute approximate surface area is 102 Å². The molecule has 0 spiro atoms. The molecule has 1 aromatic rings. The molecule has 0 saturated heterocycles. The van der Waals surface area contributed by atoms with Crippen LogP contribution in [0.4, 0.5) is 0 Å². The number of nitrogens with zero attached hydrogens (tertiary/aromatic N) is 2. The van der Waals surface area contributed by atoms with Gasteiger partial charge in [0.15, 0.2) is 0 Å². The van der Waals surface area contributed by atoms with Gasteiger partial charge in [0.1, 0.15) is 0 Å². The van der Waals surface area contributed by atoms with Crippen molar-refractivity contribution >= 4 is 5.91 Å². The number of pyridine rings is 1. The third-order valence-electron chi connectivity index (χ3n) is 2.75. The summed E-state index contributed by atoms with van der Waals surface area (Å²) in [5.41, 5.74) is 6.81. The maximum absolute atomic E-state index is 11.3. The van der Waals surface area contributed by atoms with Crippen LogP contribution in [-0.4, -0.2) is 42.5 Å². The minimum atomic E-state index is 0.0125. The van der Waals surface area contributed by atoms with E-state index in [1.165, 1.54) is 0 Å². The van der Waals surface area contributed by atoms with Gasteiger partial charge in [0.05, 0.1) is 0 Å². The Morgan fingerprint density at radius 3 is 2.94 bits per heavy atom. The summed E-state index contributed by atoms with van der Waals surface area (Å²) in [4.78, 5) is 17.5. The van der Waals surface area contributed by atoms with Crippen molar-refractivity contribution in [1.29, 1.82) is 0 Å². The van der Waals surface area contributed by atoms with Gasteiger partial charge < -0.3 is 11.1 Å². The zero-order chi connectivity index (χ0) is 12.7. The molecule has 5 heteroatoms. The SMILES string of the molecule is CNC(=O)CC(CN)N(C)Cc1cccnc1. The van der Waals surface area contributed by atoms with Crippen molar-refractivity contribution in [1.82, 2.24) is 15.2 Å². The molecule has 17 heavy (non-hydrogen) atoms. The van der Waals surface area contributed by atoms with Crippen molar-refractivity contribution in [2.75, 3.05) is 20.6 Å². The third-order valence-corrected chi connectivity index (χ3v) is 2.75. The van der Waals surface area contributed by atoms with E-state index in [4.69, 9.17) is 5.73 Å². The van der Waals surface area contributed by atoms with E-state index >= 15 is 0 Å². The van der Waals surface area contributed by atoms with Crippen LogP contribution in [0.1, 0.15) is 12.0 Å². The molecule has 1 heterocycles. The van der Waals surface area contributed by atoms with Crippen LogP contribution in [0.3, 0.4) is 0 Å². The van der Waals surface area contributed by atoms with E-state index < -0.39 is 0 Å². The number of likely N-dealkylation sites (N-methyl/N-ethyl adjacent to an activating group) is 1. The number of amides is 1. The van der Waals surface area contributed by atoms with E-state index in [1.807, 2.05) is 25.4 Å². The number of carbonyl (C=O) groups excluding carboxylic acids is 1. The van der Waals surface area contributed by atoms with Gasteiger partial charge in [-0.15, -0.1) is 0 Å². The van der Waals surface area contributed by atoms with Gasteiger partial charge in [-0.3, -0.25) is 14.7 Å². The molecule has 1 unspecified atom stereocenters. The number of hydrogen-bond donors (Lipinski definition) is 2. The molecule has 3 N–H and O–H groups in total. The molecule has 1 aromatic heterocycles. The lowest BCUT2D eigenvalue weighted by atomic mass is 10.1. The van der Waals surface area contributed by atoms with E-state index in [1.54, 1.807) is 13.2 Å². The Hall–Kier alpha value is -1.46. The average molecular weight is 236 g/mol. The van der Waals surface area contributed by atoms with Crippen molar-refractivity contribution in [3.05, 3.63) is 30.1 Å².